The molecule has 0 bridgehead atoms. The van der Waals surface area contributed by atoms with Gasteiger partial charge in [0.05, 0.1) is 17.4 Å². The Balaban J connectivity index is 1.47. The molecule has 3 aromatic rings. The predicted octanol–water partition coefficient (Wildman–Crippen LogP) is 2.65. The number of hydrogen-bond donors (Lipinski definition) is 1. The molecular weight excluding hydrogens is 359 g/mol. The standard InChI is InChI=1S/C20H23FN6O/c1-25(2)15-7-10-26(11-8-15)19-6-5-14(12-17(19)21)24-20(28)16-13-23-27-18(16)4-3-9-22-27/h3-6,9,12-13,15H,7-8,10-11H2,1-2H3,(H,24,28). The first-order valence-electron chi connectivity index (χ1n) is 9.34. The molecule has 0 aliphatic carbocycles. The van der Waals surface area contributed by atoms with E-state index in [-0.39, 0.29) is 11.7 Å². The zero-order valence-corrected chi connectivity index (χ0v) is 16.0. The zero-order valence-electron chi connectivity index (χ0n) is 16.0. The molecule has 0 spiro atoms. The molecule has 0 saturated carbocycles. The van der Waals surface area contributed by atoms with E-state index in [1.54, 1.807) is 30.5 Å². The van der Waals surface area contributed by atoms with E-state index >= 15 is 0 Å². The van der Waals surface area contributed by atoms with Crippen LogP contribution < -0.4 is 10.2 Å². The molecule has 3 heterocycles. The first kappa shape index (κ1) is 18.4. The van der Waals surface area contributed by atoms with Gasteiger partial charge in [0.2, 0.25) is 0 Å². The lowest BCUT2D eigenvalue weighted by atomic mass is 10.0. The van der Waals surface area contributed by atoms with Crippen LogP contribution >= 0.6 is 0 Å². The van der Waals surface area contributed by atoms with Gasteiger partial charge in [-0.3, -0.25) is 4.79 Å². The largest absolute Gasteiger partial charge is 0.369 e. The maximum Gasteiger partial charge on any atom is 0.259 e. The Hall–Kier alpha value is -3.00. The van der Waals surface area contributed by atoms with E-state index < -0.39 is 0 Å². The molecule has 4 rings (SSSR count). The van der Waals surface area contributed by atoms with Crippen molar-refractivity contribution >= 4 is 22.8 Å². The minimum atomic E-state index is -0.345. The molecule has 0 atom stereocenters. The van der Waals surface area contributed by atoms with E-state index in [1.807, 2.05) is 0 Å². The van der Waals surface area contributed by atoms with E-state index in [0.29, 0.717) is 28.5 Å². The highest BCUT2D eigenvalue weighted by molar-refractivity contribution is 6.08. The summed E-state index contributed by atoms with van der Waals surface area (Å²) < 4.78 is 16.1. The van der Waals surface area contributed by atoms with Crippen LogP contribution in [0.25, 0.3) is 5.52 Å². The summed E-state index contributed by atoms with van der Waals surface area (Å²) in [6.07, 6.45) is 5.07. The lowest BCUT2D eigenvalue weighted by Crippen LogP contribution is -2.42. The zero-order chi connectivity index (χ0) is 19.7. The third-order valence-electron chi connectivity index (χ3n) is 5.29. The maximum atomic E-state index is 14.7. The Morgan fingerprint density at radius 1 is 1.21 bits per heavy atom. The van der Waals surface area contributed by atoms with E-state index in [0.717, 1.165) is 25.9 Å². The van der Waals surface area contributed by atoms with Gasteiger partial charge in [-0.2, -0.15) is 14.8 Å². The minimum Gasteiger partial charge on any atom is -0.369 e. The van der Waals surface area contributed by atoms with Gasteiger partial charge in [-0.15, -0.1) is 0 Å². The van der Waals surface area contributed by atoms with Crippen LogP contribution in [0.4, 0.5) is 15.8 Å². The molecule has 1 saturated heterocycles. The Labute approximate surface area is 162 Å². The first-order chi connectivity index (χ1) is 13.5. The predicted molar refractivity (Wildman–Crippen MR) is 106 cm³/mol. The van der Waals surface area contributed by atoms with Crippen molar-refractivity contribution < 1.29 is 9.18 Å². The van der Waals surface area contributed by atoms with Crippen LogP contribution in [0.15, 0.2) is 42.7 Å². The van der Waals surface area contributed by atoms with Gasteiger partial charge in [-0.25, -0.2) is 4.39 Å². The third-order valence-corrected chi connectivity index (χ3v) is 5.29. The van der Waals surface area contributed by atoms with E-state index in [9.17, 15) is 9.18 Å². The van der Waals surface area contributed by atoms with Crippen molar-refractivity contribution in [3.8, 4) is 0 Å². The van der Waals surface area contributed by atoms with E-state index in [1.165, 1.54) is 16.9 Å². The summed E-state index contributed by atoms with van der Waals surface area (Å²) in [7, 11) is 4.16. The van der Waals surface area contributed by atoms with Crippen LogP contribution in [0.1, 0.15) is 23.2 Å². The van der Waals surface area contributed by atoms with Crippen molar-refractivity contribution in [2.45, 2.75) is 18.9 Å². The Bertz CT molecular complexity index is 993. The van der Waals surface area contributed by atoms with Crippen LogP contribution in [0.5, 0.6) is 0 Å². The second-order valence-corrected chi connectivity index (χ2v) is 7.26. The van der Waals surface area contributed by atoms with Gasteiger partial charge < -0.3 is 15.1 Å². The van der Waals surface area contributed by atoms with Gasteiger partial charge >= 0.3 is 0 Å². The molecule has 2 aromatic heterocycles. The Kier molecular flexibility index (Phi) is 4.95. The number of rotatable bonds is 4. The molecule has 7 nitrogen and oxygen atoms in total. The summed E-state index contributed by atoms with van der Waals surface area (Å²) in [6, 6.07) is 8.88. The summed E-state index contributed by atoms with van der Waals surface area (Å²) >= 11 is 0. The molecule has 1 fully saturated rings. The van der Waals surface area contributed by atoms with Gasteiger partial charge in [0.1, 0.15) is 11.3 Å². The van der Waals surface area contributed by atoms with Crippen molar-refractivity contribution in [2.24, 2.45) is 0 Å². The number of halogens is 1. The fourth-order valence-electron chi connectivity index (χ4n) is 3.67. The SMILES string of the molecule is CN(C)C1CCN(c2ccc(NC(=O)c3cnn4ncccc34)cc2F)CC1. The quantitative estimate of drug-likeness (QED) is 0.752. The number of nitrogens with zero attached hydrogens (tertiary/aromatic N) is 5. The summed E-state index contributed by atoms with van der Waals surface area (Å²) in [5.41, 5.74) is 1.98. The Morgan fingerprint density at radius 2 is 2.00 bits per heavy atom. The van der Waals surface area contributed by atoms with Crippen molar-refractivity contribution in [3.63, 3.8) is 0 Å². The fourth-order valence-corrected chi connectivity index (χ4v) is 3.67. The van der Waals surface area contributed by atoms with E-state index in [2.05, 4.69) is 39.4 Å². The van der Waals surface area contributed by atoms with Crippen molar-refractivity contribution in [1.82, 2.24) is 19.7 Å². The normalized spacial score (nSPS) is 15.4. The second-order valence-electron chi connectivity index (χ2n) is 7.26. The molecule has 0 radical (unpaired) electrons. The van der Waals surface area contributed by atoms with Gasteiger partial charge in [-0.05, 0) is 57.3 Å². The molecule has 1 aromatic carbocycles. The topological polar surface area (TPSA) is 65.8 Å². The summed E-state index contributed by atoms with van der Waals surface area (Å²) in [5, 5.41) is 10.8. The minimum absolute atomic E-state index is 0.331. The van der Waals surface area contributed by atoms with Gasteiger partial charge in [0.15, 0.2) is 0 Å². The highest BCUT2D eigenvalue weighted by Crippen LogP contribution is 2.27. The molecule has 1 N–H and O–H groups in total. The average molecular weight is 382 g/mol. The number of carbonyl (C=O) groups excluding carboxylic acids is 1. The number of nitrogens with one attached hydrogen (secondary N) is 1. The number of hydrogen-bond acceptors (Lipinski definition) is 5. The fraction of sp³-hybridized carbons (Fsp3) is 0.350. The number of anilines is 2. The van der Waals surface area contributed by atoms with Gasteiger partial charge in [0, 0.05) is 31.0 Å². The van der Waals surface area contributed by atoms with Crippen LogP contribution in [-0.2, 0) is 0 Å². The molecule has 8 heteroatoms. The number of amides is 1. The summed E-state index contributed by atoms with van der Waals surface area (Å²) in [6.45, 7) is 1.64. The summed E-state index contributed by atoms with van der Waals surface area (Å²) in [5.74, 6) is -0.676. The highest BCUT2D eigenvalue weighted by atomic mass is 19.1. The number of benzene rings is 1. The molecule has 146 valence electrons. The lowest BCUT2D eigenvalue weighted by molar-refractivity contribution is 0.102. The van der Waals surface area contributed by atoms with Crippen molar-refractivity contribution in [3.05, 3.63) is 54.1 Å². The molecular formula is C20H23FN6O. The van der Waals surface area contributed by atoms with Crippen LogP contribution in [0, 0.1) is 5.82 Å². The molecule has 1 aliphatic rings. The third kappa shape index (κ3) is 3.55. The number of carbonyl (C=O) groups is 1. The molecule has 1 aliphatic heterocycles. The first-order valence-corrected chi connectivity index (χ1v) is 9.34. The van der Waals surface area contributed by atoms with Crippen LogP contribution in [0.3, 0.4) is 0 Å². The maximum absolute atomic E-state index is 14.7. The van der Waals surface area contributed by atoms with Gasteiger partial charge in [0.25, 0.3) is 5.91 Å². The molecule has 1 amide bonds. The van der Waals surface area contributed by atoms with Gasteiger partial charge in [-0.1, -0.05) is 0 Å². The monoisotopic (exact) mass is 382 g/mol. The Morgan fingerprint density at radius 3 is 2.71 bits per heavy atom. The highest BCUT2D eigenvalue weighted by Gasteiger charge is 2.23. The smallest absolute Gasteiger partial charge is 0.259 e. The van der Waals surface area contributed by atoms with Crippen molar-refractivity contribution in [2.75, 3.05) is 37.4 Å². The van der Waals surface area contributed by atoms with Crippen LogP contribution in [-0.4, -0.2) is 58.9 Å². The average Bonchev–Trinajstić information content (AvgIpc) is 3.12. The number of piperidine rings is 1. The summed E-state index contributed by atoms with van der Waals surface area (Å²) in [4.78, 5) is 16.8. The number of aromatic nitrogens is 3. The second kappa shape index (κ2) is 7.55. The van der Waals surface area contributed by atoms with Crippen LogP contribution in [0.2, 0.25) is 0 Å². The molecule has 0 unspecified atom stereocenters. The number of fused-ring (bicyclic) bond motifs is 1. The molecule has 28 heavy (non-hydrogen) atoms. The van der Waals surface area contributed by atoms with E-state index in [4.69, 9.17) is 0 Å². The lowest BCUT2D eigenvalue weighted by Gasteiger charge is -2.36. The van der Waals surface area contributed by atoms with Crippen molar-refractivity contribution in [1.29, 1.82) is 0 Å².